The van der Waals surface area contributed by atoms with Crippen LogP contribution in [0.1, 0.15) is 59.3 Å². The molecule has 0 aromatic heterocycles. The number of hydrogen-bond donors (Lipinski definition) is 1. The number of likely N-dealkylation sites (tertiary alicyclic amines) is 1. The number of hydrogen-bond acceptors (Lipinski definition) is 3. The van der Waals surface area contributed by atoms with Crippen LogP contribution in [0.4, 0.5) is 0 Å². The van der Waals surface area contributed by atoms with Crippen LogP contribution in [0.25, 0.3) is 0 Å². The molecule has 1 saturated heterocycles. The second-order valence-electron chi connectivity index (χ2n) is 9.80. The third-order valence-electron chi connectivity index (χ3n) is 7.38. The molecule has 1 atom stereocenters. The van der Waals surface area contributed by atoms with E-state index in [0.717, 1.165) is 17.8 Å². The van der Waals surface area contributed by atoms with E-state index in [1.165, 1.54) is 38.5 Å². The lowest BCUT2D eigenvalue weighted by atomic mass is 9.56. The number of thioether (sulfide) groups is 1. The Bertz CT molecular complexity index is 462. The molecule has 5 rings (SSSR count). The van der Waals surface area contributed by atoms with Crippen molar-refractivity contribution in [2.45, 2.75) is 69.6 Å². The smallest absolute Gasteiger partial charge is 0.232 e. The van der Waals surface area contributed by atoms with Gasteiger partial charge in [0.2, 0.25) is 5.91 Å². The summed E-state index contributed by atoms with van der Waals surface area (Å²) in [5.74, 6) is 3.66. The van der Waals surface area contributed by atoms with Gasteiger partial charge in [0.25, 0.3) is 0 Å². The predicted octanol–water partition coefficient (Wildman–Crippen LogP) is 3.31. The van der Waals surface area contributed by atoms with Gasteiger partial charge in [0.1, 0.15) is 0 Å². The summed E-state index contributed by atoms with van der Waals surface area (Å²) < 4.78 is 0.405. The van der Waals surface area contributed by atoms with Crippen LogP contribution in [0.3, 0.4) is 0 Å². The van der Waals surface area contributed by atoms with E-state index in [0.29, 0.717) is 23.6 Å². The highest BCUT2D eigenvalue weighted by molar-refractivity contribution is 8.01. The van der Waals surface area contributed by atoms with Gasteiger partial charge in [-0.2, -0.15) is 0 Å². The second kappa shape index (κ2) is 5.14. The molecule has 0 spiro atoms. The zero-order valence-electron chi connectivity index (χ0n) is 14.8. The summed E-state index contributed by atoms with van der Waals surface area (Å²) >= 11 is 1.96. The van der Waals surface area contributed by atoms with Crippen LogP contribution < -0.4 is 0 Å². The molecule has 1 N–H and O–H groups in total. The van der Waals surface area contributed by atoms with Gasteiger partial charge >= 0.3 is 0 Å². The number of nitrogens with zero attached hydrogens (tertiary/aromatic N) is 1. The minimum Gasteiger partial charge on any atom is -0.388 e. The summed E-state index contributed by atoms with van der Waals surface area (Å²) in [4.78, 5) is 14.6. The summed E-state index contributed by atoms with van der Waals surface area (Å²) in [6, 6.07) is 0. The summed E-state index contributed by atoms with van der Waals surface area (Å²) in [5.41, 5.74) is -0.984. The van der Waals surface area contributed by atoms with Crippen molar-refractivity contribution in [2.75, 3.05) is 18.8 Å². The van der Waals surface area contributed by atoms with E-state index in [1.807, 2.05) is 23.6 Å². The van der Waals surface area contributed by atoms with Crippen molar-refractivity contribution in [3.05, 3.63) is 0 Å². The number of carbonyl (C=O) groups is 1. The molecule has 1 aliphatic heterocycles. The molecule has 5 fully saturated rings. The van der Waals surface area contributed by atoms with Crippen molar-refractivity contribution in [2.24, 2.45) is 23.2 Å². The van der Waals surface area contributed by atoms with Gasteiger partial charge in [0.15, 0.2) is 0 Å². The summed E-state index contributed by atoms with van der Waals surface area (Å²) in [6.45, 7) is 7.16. The van der Waals surface area contributed by atoms with Gasteiger partial charge in [0, 0.05) is 23.3 Å². The lowest BCUT2D eigenvalue weighted by Gasteiger charge is -2.56. The molecule has 0 aromatic rings. The van der Waals surface area contributed by atoms with Crippen LogP contribution in [-0.2, 0) is 4.79 Å². The first kappa shape index (κ1) is 16.3. The van der Waals surface area contributed by atoms with E-state index >= 15 is 0 Å². The Morgan fingerprint density at radius 2 is 1.57 bits per heavy atom. The van der Waals surface area contributed by atoms with Crippen LogP contribution in [0, 0.1) is 23.2 Å². The van der Waals surface area contributed by atoms with Crippen LogP contribution in [0.15, 0.2) is 0 Å². The summed E-state index contributed by atoms with van der Waals surface area (Å²) in [5, 5.41) is 10.5. The van der Waals surface area contributed by atoms with E-state index < -0.39 is 5.60 Å². The predicted molar refractivity (Wildman–Crippen MR) is 94.3 cm³/mol. The van der Waals surface area contributed by atoms with Crippen LogP contribution in [-0.4, -0.2) is 45.1 Å². The third-order valence-corrected chi connectivity index (χ3v) is 8.88. The van der Waals surface area contributed by atoms with Crippen molar-refractivity contribution < 1.29 is 9.90 Å². The summed E-state index contributed by atoms with van der Waals surface area (Å²) in [7, 11) is 0. The molecule has 5 aliphatic rings. The maximum atomic E-state index is 12.7. The normalized spacial score (nSPS) is 47.3. The Kier molecular flexibility index (Phi) is 3.63. The van der Waals surface area contributed by atoms with E-state index in [-0.39, 0.29) is 11.3 Å². The van der Waals surface area contributed by atoms with Gasteiger partial charge in [-0.1, -0.05) is 13.8 Å². The fourth-order valence-electron chi connectivity index (χ4n) is 5.98. The number of carbonyl (C=O) groups excluding carboxylic acids is 1. The molecule has 0 radical (unpaired) electrons. The Balaban J connectivity index is 1.38. The molecule has 3 nitrogen and oxygen atoms in total. The largest absolute Gasteiger partial charge is 0.388 e. The number of amides is 1. The van der Waals surface area contributed by atoms with Gasteiger partial charge < -0.3 is 10.0 Å². The molecule has 4 saturated carbocycles. The molecular formula is C19H31NO2S. The molecule has 23 heavy (non-hydrogen) atoms. The number of rotatable bonds is 3. The Morgan fingerprint density at radius 3 is 2.00 bits per heavy atom. The average molecular weight is 338 g/mol. The molecular weight excluding hydrogens is 306 g/mol. The van der Waals surface area contributed by atoms with Gasteiger partial charge in [0.05, 0.1) is 11.4 Å². The van der Waals surface area contributed by atoms with Crippen molar-refractivity contribution >= 4 is 17.7 Å². The molecule has 1 unspecified atom stereocenters. The first-order valence-corrected chi connectivity index (χ1v) is 10.3. The Hall–Kier alpha value is -0.220. The van der Waals surface area contributed by atoms with E-state index in [4.69, 9.17) is 0 Å². The standard InChI is InChI=1S/C19H31NO2S/c1-17(2)11-20(12-18(17,3)22)16(21)10-23-19-7-13-4-14(8-19)6-15(5-13)9-19/h13-15,22H,4-12H2,1-3H3. The van der Waals surface area contributed by atoms with Crippen LogP contribution in [0.5, 0.6) is 0 Å². The summed E-state index contributed by atoms with van der Waals surface area (Å²) in [6.07, 6.45) is 8.41. The zero-order chi connectivity index (χ0) is 16.5. The zero-order valence-corrected chi connectivity index (χ0v) is 15.6. The fraction of sp³-hybridized carbons (Fsp3) is 0.947. The van der Waals surface area contributed by atoms with Crippen molar-refractivity contribution in [3.8, 4) is 0 Å². The molecule has 130 valence electrons. The Labute approximate surface area is 144 Å². The monoisotopic (exact) mass is 337 g/mol. The molecule has 0 aromatic carbocycles. The van der Waals surface area contributed by atoms with E-state index in [2.05, 4.69) is 13.8 Å². The van der Waals surface area contributed by atoms with Gasteiger partial charge in [-0.3, -0.25) is 4.79 Å². The molecule has 4 bridgehead atoms. The third kappa shape index (κ3) is 2.74. The molecule has 1 amide bonds. The van der Waals surface area contributed by atoms with Gasteiger partial charge in [-0.25, -0.2) is 0 Å². The number of β-amino-alcohol motifs (C(OH)–C–C–N with tert-alkyl or cyclic N) is 1. The minimum absolute atomic E-state index is 0.214. The highest BCUT2D eigenvalue weighted by Gasteiger charge is 2.52. The first-order valence-electron chi connectivity index (χ1n) is 9.32. The van der Waals surface area contributed by atoms with Crippen molar-refractivity contribution in [1.82, 2.24) is 4.90 Å². The maximum absolute atomic E-state index is 12.7. The highest BCUT2D eigenvalue weighted by Crippen LogP contribution is 2.60. The molecule has 4 aliphatic carbocycles. The lowest BCUT2D eigenvalue weighted by molar-refractivity contribution is -0.128. The average Bonchev–Trinajstić information content (AvgIpc) is 2.63. The van der Waals surface area contributed by atoms with Gasteiger partial charge in [-0.15, -0.1) is 11.8 Å². The van der Waals surface area contributed by atoms with Gasteiger partial charge in [-0.05, 0) is 63.2 Å². The highest BCUT2D eigenvalue weighted by atomic mass is 32.2. The number of aliphatic hydroxyl groups is 1. The van der Waals surface area contributed by atoms with Crippen molar-refractivity contribution in [1.29, 1.82) is 0 Å². The van der Waals surface area contributed by atoms with Crippen LogP contribution in [0.2, 0.25) is 0 Å². The fourth-order valence-corrected chi connectivity index (χ4v) is 7.65. The van der Waals surface area contributed by atoms with E-state index in [9.17, 15) is 9.90 Å². The maximum Gasteiger partial charge on any atom is 0.232 e. The first-order chi connectivity index (χ1) is 10.7. The topological polar surface area (TPSA) is 40.5 Å². The quantitative estimate of drug-likeness (QED) is 0.859. The Morgan fingerprint density at radius 1 is 1.04 bits per heavy atom. The lowest BCUT2D eigenvalue weighted by Crippen LogP contribution is -2.49. The second-order valence-corrected chi connectivity index (χ2v) is 11.2. The molecule has 4 heteroatoms. The minimum atomic E-state index is -0.770. The van der Waals surface area contributed by atoms with E-state index in [1.54, 1.807) is 0 Å². The molecule has 1 heterocycles. The SMILES string of the molecule is CC1(C)CN(C(=O)CSC23CC4CC(CC(C4)C2)C3)CC1(C)O. The van der Waals surface area contributed by atoms with Crippen molar-refractivity contribution in [3.63, 3.8) is 0 Å². The van der Waals surface area contributed by atoms with Crippen LogP contribution >= 0.6 is 11.8 Å².